The molecular formula is C11H14F2N2O2. The van der Waals surface area contributed by atoms with E-state index in [0.29, 0.717) is 0 Å². The number of hydrogen-bond acceptors (Lipinski definition) is 2. The molecule has 0 saturated carbocycles. The van der Waals surface area contributed by atoms with E-state index in [1.54, 1.807) is 13.8 Å². The summed E-state index contributed by atoms with van der Waals surface area (Å²) in [5, 5.41) is 4.85. The molecule has 17 heavy (non-hydrogen) atoms. The van der Waals surface area contributed by atoms with Crippen LogP contribution >= 0.6 is 0 Å². The van der Waals surface area contributed by atoms with Crippen molar-refractivity contribution in [2.45, 2.75) is 19.9 Å². The summed E-state index contributed by atoms with van der Waals surface area (Å²) in [5.74, 6) is -2.21. The maximum atomic E-state index is 13.3. The Morgan fingerprint density at radius 1 is 1.29 bits per heavy atom. The standard InChI is InChI=1S/C11H14F2N2O2/c1-6(2)14-11(16)15-7-4-8(12)10(17-3)9(13)5-7/h4-6H,1-3H3,(H2,14,15,16). The molecular weight excluding hydrogens is 230 g/mol. The fraction of sp³-hybridized carbons (Fsp3) is 0.364. The minimum Gasteiger partial charge on any atom is -0.491 e. The molecule has 0 bridgehead atoms. The van der Waals surface area contributed by atoms with Crippen LogP contribution in [0.3, 0.4) is 0 Å². The average molecular weight is 244 g/mol. The van der Waals surface area contributed by atoms with Crippen molar-refractivity contribution in [2.24, 2.45) is 0 Å². The van der Waals surface area contributed by atoms with Gasteiger partial charge in [0.2, 0.25) is 0 Å². The van der Waals surface area contributed by atoms with E-state index < -0.39 is 23.4 Å². The Morgan fingerprint density at radius 3 is 2.24 bits per heavy atom. The lowest BCUT2D eigenvalue weighted by molar-refractivity contribution is 0.250. The van der Waals surface area contributed by atoms with E-state index in [1.807, 2.05) is 0 Å². The molecule has 2 amide bonds. The van der Waals surface area contributed by atoms with Gasteiger partial charge >= 0.3 is 6.03 Å². The van der Waals surface area contributed by atoms with Crippen molar-refractivity contribution in [3.8, 4) is 5.75 Å². The molecule has 4 nitrogen and oxygen atoms in total. The molecule has 0 aliphatic rings. The van der Waals surface area contributed by atoms with E-state index in [9.17, 15) is 13.6 Å². The van der Waals surface area contributed by atoms with Gasteiger partial charge < -0.3 is 15.4 Å². The Bertz CT molecular complexity index is 399. The van der Waals surface area contributed by atoms with Crippen LogP contribution in [0.15, 0.2) is 12.1 Å². The van der Waals surface area contributed by atoms with Crippen molar-refractivity contribution in [1.82, 2.24) is 5.32 Å². The summed E-state index contributed by atoms with van der Waals surface area (Å²) in [5.41, 5.74) is 0.0268. The van der Waals surface area contributed by atoms with E-state index in [4.69, 9.17) is 0 Å². The van der Waals surface area contributed by atoms with E-state index in [2.05, 4.69) is 15.4 Å². The van der Waals surface area contributed by atoms with Gasteiger partial charge in [-0.15, -0.1) is 0 Å². The molecule has 0 radical (unpaired) electrons. The zero-order chi connectivity index (χ0) is 13.0. The van der Waals surface area contributed by atoms with Gasteiger partial charge in [0, 0.05) is 23.9 Å². The first-order valence-corrected chi connectivity index (χ1v) is 5.04. The summed E-state index contributed by atoms with van der Waals surface area (Å²) in [6.07, 6.45) is 0. The second kappa shape index (κ2) is 5.47. The number of rotatable bonds is 3. The number of nitrogens with one attached hydrogen (secondary N) is 2. The van der Waals surface area contributed by atoms with Gasteiger partial charge in [-0.1, -0.05) is 0 Å². The highest BCUT2D eigenvalue weighted by molar-refractivity contribution is 5.89. The number of carbonyl (C=O) groups is 1. The van der Waals surface area contributed by atoms with Gasteiger partial charge in [-0.3, -0.25) is 0 Å². The topological polar surface area (TPSA) is 50.4 Å². The summed E-state index contributed by atoms with van der Waals surface area (Å²) in [4.78, 5) is 11.3. The third-order valence-electron chi connectivity index (χ3n) is 1.88. The van der Waals surface area contributed by atoms with Gasteiger partial charge in [0.25, 0.3) is 0 Å². The van der Waals surface area contributed by atoms with Crippen LogP contribution in [0, 0.1) is 11.6 Å². The zero-order valence-electron chi connectivity index (χ0n) is 9.80. The fourth-order valence-electron chi connectivity index (χ4n) is 1.26. The lowest BCUT2D eigenvalue weighted by Crippen LogP contribution is -2.34. The monoisotopic (exact) mass is 244 g/mol. The van der Waals surface area contributed by atoms with Crippen LogP contribution < -0.4 is 15.4 Å². The van der Waals surface area contributed by atoms with E-state index in [-0.39, 0.29) is 11.7 Å². The maximum absolute atomic E-state index is 13.3. The van der Waals surface area contributed by atoms with Crippen LogP contribution in [0.25, 0.3) is 0 Å². The van der Waals surface area contributed by atoms with E-state index in [0.717, 1.165) is 12.1 Å². The van der Waals surface area contributed by atoms with Crippen LogP contribution in [0.4, 0.5) is 19.3 Å². The number of halogens is 2. The van der Waals surface area contributed by atoms with Gasteiger partial charge in [-0.25, -0.2) is 13.6 Å². The van der Waals surface area contributed by atoms with Crippen molar-refractivity contribution in [3.63, 3.8) is 0 Å². The smallest absolute Gasteiger partial charge is 0.319 e. The highest BCUT2D eigenvalue weighted by Crippen LogP contribution is 2.25. The van der Waals surface area contributed by atoms with Gasteiger partial charge in [0.15, 0.2) is 17.4 Å². The first-order valence-electron chi connectivity index (χ1n) is 5.04. The van der Waals surface area contributed by atoms with Crippen molar-refractivity contribution in [3.05, 3.63) is 23.8 Å². The largest absolute Gasteiger partial charge is 0.491 e. The molecule has 1 aromatic carbocycles. The van der Waals surface area contributed by atoms with Crippen LogP contribution in [-0.4, -0.2) is 19.2 Å². The normalized spacial score (nSPS) is 10.2. The molecule has 94 valence electrons. The predicted octanol–water partition coefficient (Wildman–Crippen LogP) is 2.50. The molecule has 6 heteroatoms. The third-order valence-corrected chi connectivity index (χ3v) is 1.88. The van der Waals surface area contributed by atoms with Crippen LogP contribution in [0.5, 0.6) is 5.75 Å². The van der Waals surface area contributed by atoms with Crippen LogP contribution in [0.2, 0.25) is 0 Å². The lowest BCUT2D eigenvalue weighted by atomic mass is 10.2. The zero-order valence-corrected chi connectivity index (χ0v) is 9.80. The number of urea groups is 1. The Hall–Kier alpha value is -1.85. The van der Waals surface area contributed by atoms with Gasteiger partial charge in [-0.2, -0.15) is 0 Å². The highest BCUT2D eigenvalue weighted by atomic mass is 19.1. The Kier molecular flexibility index (Phi) is 4.25. The molecule has 0 unspecified atom stereocenters. The summed E-state index contributed by atoms with van der Waals surface area (Å²) in [6.45, 7) is 3.55. The van der Waals surface area contributed by atoms with Gasteiger partial charge in [0.05, 0.1) is 7.11 Å². The van der Waals surface area contributed by atoms with Crippen molar-refractivity contribution >= 4 is 11.7 Å². The number of hydrogen-bond donors (Lipinski definition) is 2. The molecule has 1 aromatic rings. The quantitative estimate of drug-likeness (QED) is 0.858. The predicted molar refractivity (Wildman–Crippen MR) is 60.2 cm³/mol. The molecule has 0 aliphatic carbocycles. The number of benzene rings is 1. The summed E-state index contributed by atoms with van der Waals surface area (Å²) in [6, 6.07) is 1.39. The average Bonchev–Trinajstić information content (AvgIpc) is 2.15. The Labute approximate surface area is 98.0 Å². The van der Waals surface area contributed by atoms with Crippen LogP contribution in [0.1, 0.15) is 13.8 Å². The molecule has 1 rings (SSSR count). The van der Waals surface area contributed by atoms with Crippen molar-refractivity contribution in [1.29, 1.82) is 0 Å². The molecule has 0 aliphatic heterocycles. The highest BCUT2D eigenvalue weighted by Gasteiger charge is 2.13. The minimum atomic E-state index is -0.868. The minimum absolute atomic E-state index is 0.0268. The van der Waals surface area contributed by atoms with Gasteiger partial charge in [0.1, 0.15) is 0 Å². The second-order valence-electron chi connectivity index (χ2n) is 3.73. The van der Waals surface area contributed by atoms with E-state index in [1.165, 1.54) is 7.11 Å². The molecule has 0 heterocycles. The number of anilines is 1. The summed E-state index contributed by atoms with van der Waals surface area (Å²) in [7, 11) is 1.17. The molecule has 0 aromatic heterocycles. The summed E-state index contributed by atoms with van der Waals surface area (Å²) >= 11 is 0. The first kappa shape index (κ1) is 13.2. The Balaban J connectivity index is 2.83. The molecule has 0 saturated heterocycles. The molecule has 0 atom stereocenters. The number of ether oxygens (including phenoxy) is 1. The summed E-state index contributed by atoms with van der Waals surface area (Å²) < 4.78 is 31.1. The van der Waals surface area contributed by atoms with Crippen molar-refractivity contribution < 1.29 is 18.3 Å². The molecule has 0 fully saturated rings. The second-order valence-corrected chi connectivity index (χ2v) is 3.73. The van der Waals surface area contributed by atoms with Gasteiger partial charge in [-0.05, 0) is 13.8 Å². The Morgan fingerprint density at radius 2 is 1.82 bits per heavy atom. The lowest BCUT2D eigenvalue weighted by Gasteiger charge is -2.11. The SMILES string of the molecule is COc1c(F)cc(NC(=O)NC(C)C)cc1F. The number of carbonyl (C=O) groups excluding carboxylic acids is 1. The molecule has 0 spiro atoms. The molecule has 2 N–H and O–H groups in total. The fourth-order valence-corrected chi connectivity index (χ4v) is 1.26. The third kappa shape index (κ3) is 3.58. The van der Waals surface area contributed by atoms with Crippen molar-refractivity contribution in [2.75, 3.05) is 12.4 Å². The van der Waals surface area contributed by atoms with Crippen LogP contribution in [-0.2, 0) is 0 Å². The number of amides is 2. The first-order chi connectivity index (χ1) is 7.93. The maximum Gasteiger partial charge on any atom is 0.319 e. The van der Waals surface area contributed by atoms with E-state index >= 15 is 0 Å². The number of methoxy groups -OCH3 is 1.